The van der Waals surface area contributed by atoms with Crippen LogP contribution < -0.4 is 55.2 Å². The molecule has 6 rings (SSSR count). The zero-order chi connectivity index (χ0) is 37.0. The fourth-order valence-electron chi connectivity index (χ4n) is 5.29. The van der Waals surface area contributed by atoms with Gasteiger partial charge in [0.1, 0.15) is 11.4 Å². The molecule has 3 aromatic carbocycles. The summed E-state index contributed by atoms with van der Waals surface area (Å²) in [6.07, 6.45) is 11.4. The SMILES string of the molecule is Cn1cc[n+](C)c1N=Nc1ccc(Nc2ccc(Nc3nc(NCCCCCCO)nc(Nc4ccc(N=Nc5n(C)cc[n+]5C)cc4)n3)cc2)cc1.[Cl-].[Cl-]. The summed E-state index contributed by atoms with van der Waals surface area (Å²) < 4.78 is 7.63. The fourth-order valence-corrected chi connectivity index (χ4v) is 5.29. The minimum absolute atomic E-state index is 0. The summed E-state index contributed by atoms with van der Waals surface area (Å²) in [5, 5.41) is 39.9. The van der Waals surface area contributed by atoms with E-state index in [4.69, 9.17) is 5.11 Å². The highest BCUT2D eigenvalue weighted by Gasteiger charge is 2.12. The molecule has 5 N–H and O–H groups in total. The van der Waals surface area contributed by atoms with E-state index < -0.39 is 0 Å². The van der Waals surface area contributed by atoms with Crippen molar-refractivity contribution in [1.29, 1.82) is 0 Å². The van der Waals surface area contributed by atoms with Crippen LogP contribution in [0.4, 0.5) is 63.9 Å². The Morgan fingerprint density at radius 1 is 0.545 bits per heavy atom. The lowest BCUT2D eigenvalue weighted by atomic mass is 10.2. The third kappa shape index (κ3) is 12.0. The molecule has 3 heterocycles. The van der Waals surface area contributed by atoms with E-state index in [9.17, 15) is 0 Å². The van der Waals surface area contributed by atoms with Crippen molar-refractivity contribution in [3.63, 3.8) is 0 Å². The van der Waals surface area contributed by atoms with Crippen molar-refractivity contribution in [2.75, 3.05) is 34.4 Å². The van der Waals surface area contributed by atoms with Crippen molar-refractivity contribution in [3.8, 4) is 0 Å². The van der Waals surface area contributed by atoms with Crippen molar-refractivity contribution in [2.45, 2.75) is 25.7 Å². The molecule has 0 aliphatic heterocycles. The molecule has 0 aliphatic carbocycles. The summed E-state index contributed by atoms with van der Waals surface area (Å²) in [5.74, 6) is 2.72. The number of nitrogens with zero attached hydrogens (tertiary/aromatic N) is 11. The van der Waals surface area contributed by atoms with Gasteiger partial charge in [-0.1, -0.05) is 23.1 Å². The zero-order valence-electron chi connectivity index (χ0n) is 31.1. The van der Waals surface area contributed by atoms with Gasteiger partial charge in [0.25, 0.3) is 0 Å². The first kappa shape index (κ1) is 41.8. The number of aliphatic hydroxyl groups is 1. The fraction of sp³-hybridized carbons (Fsp3) is 0.270. The molecule has 0 aliphatic rings. The number of halogens is 2. The molecule has 16 nitrogen and oxygen atoms in total. The van der Waals surface area contributed by atoms with Gasteiger partial charge >= 0.3 is 11.9 Å². The van der Waals surface area contributed by atoms with Crippen molar-refractivity contribution in [1.82, 2.24) is 24.1 Å². The van der Waals surface area contributed by atoms with Gasteiger partial charge in [-0.3, -0.25) is 0 Å². The van der Waals surface area contributed by atoms with Crippen molar-refractivity contribution >= 4 is 63.9 Å². The molecular formula is C37H45Cl2N15O. The number of azo groups is 2. The second-order valence-corrected chi connectivity index (χ2v) is 12.5. The van der Waals surface area contributed by atoms with Gasteiger partial charge in [0.05, 0.1) is 53.0 Å². The lowest BCUT2D eigenvalue weighted by Crippen LogP contribution is -3.00. The minimum atomic E-state index is 0. The molecule has 6 aromatic rings. The summed E-state index contributed by atoms with van der Waals surface area (Å²) in [6.45, 7) is 0.912. The van der Waals surface area contributed by atoms with E-state index in [1.165, 1.54) is 0 Å². The van der Waals surface area contributed by atoms with Crippen LogP contribution in [0, 0.1) is 0 Å². The second-order valence-electron chi connectivity index (χ2n) is 12.5. The second kappa shape index (κ2) is 20.5. The topological polar surface area (TPSA) is 174 Å². The van der Waals surface area contributed by atoms with Gasteiger partial charge in [-0.05, 0) is 85.6 Å². The predicted octanol–water partition coefficient (Wildman–Crippen LogP) is 1.23. The number of aromatic nitrogens is 7. The van der Waals surface area contributed by atoms with Crippen LogP contribution in [0.2, 0.25) is 0 Å². The number of aryl methyl sites for hydroxylation is 4. The molecule has 0 fully saturated rings. The Kier molecular flexibility index (Phi) is 15.6. The van der Waals surface area contributed by atoms with Crippen LogP contribution in [0.1, 0.15) is 25.7 Å². The molecule has 0 saturated carbocycles. The van der Waals surface area contributed by atoms with Gasteiger partial charge in [-0.15, -0.1) is 0 Å². The third-order valence-electron chi connectivity index (χ3n) is 8.22. The van der Waals surface area contributed by atoms with Crippen LogP contribution in [0.25, 0.3) is 0 Å². The van der Waals surface area contributed by atoms with Gasteiger partial charge in [0, 0.05) is 46.1 Å². The zero-order valence-corrected chi connectivity index (χ0v) is 32.6. The van der Waals surface area contributed by atoms with Gasteiger partial charge in [0.15, 0.2) is 0 Å². The highest BCUT2D eigenvalue weighted by atomic mass is 35.5. The Morgan fingerprint density at radius 2 is 0.945 bits per heavy atom. The lowest BCUT2D eigenvalue weighted by Gasteiger charge is -2.12. The van der Waals surface area contributed by atoms with Gasteiger partial charge in [-0.25, -0.2) is 18.3 Å². The number of rotatable bonds is 17. The van der Waals surface area contributed by atoms with E-state index in [-0.39, 0.29) is 31.4 Å². The lowest BCUT2D eigenvalue weighted by molar-refractivity contribution is -0.657. The van der Waals surface area contributed by atoms with E-state index >= 15 is 0 Å². The Bertz CT molecular complexity index is 2110. The highest BCUT2D eigenvalue weighted by Crippen LogP contribution is 2.25. The van der Waals surface area contributed by atoms with Crippen LogP contribution >= 0.6 is 0 Å². The molecule has 0 saturated heterocycles. The number of imidazole rings is 2. The van der Waals surface area contributed by atoms with Gasteiger partial charge in [-0.2, -0.15) is 15.0 Å². The van der Waals surface area contributed by atoms with Crippen LogP contribution in [0.15, 0.2) is 118 Å². The number of nitrogens with one attached hydrogen (secondary N) is 4. The van der Waals surface area contributed by atoms with Crippen molar-refractivity contribution in [3.05, 3.63) is 97.6 Å². The van der Waals surface area contributed by atoms with Crippen LogP contribution in [-0.2, 0) is 28.2 Å². The number of hydrogen-bond acceptors (Lipinski definition) is 12. The normalized spacial score (nSPS) is 11.0. The molecule has 18 heteroatoms. The first-order chi connectivity index (χ1) is 25.8. The molecule has 0 bridgehead atoms. The van der Waals surface area contributed by atoms with Crippen LogP contribution in [0.5, 0.6) is 0 Å². The third-order valence-corrected chi connectivity index (χ3v) is 8.22. The van der Waals surface area contributed by atoms with E-state index in [1.54, 1.807) is 0 Å². The number of unbranched alkanes of at least 4 members (excludes halogenated alkanes) is 3. The number of aliphatic hydroxyl groups excluding tert-OH is 1. The standard InChI is InChI=1S/C37H43N15O.2ClH/c1-49-22-23-50(2)36(49)47-45-31-17-13-28(14-18-31)39-27-9-11-29(12-10-27)40-34-42-33(38-21-7-5-6-8-26-53)43-35(44-34)41-30-15-19-32(20-16-30)46-48-37-51(3)24-25-52(37)4;;/h9-20,22-25,53H,5-8,21,26H2,1-4H3,(H2,38,40,42,43,44,45);2*1H. The first-order valence-corrected chi connectivity index (χ1v) is 17.4. The van der Waals surface area contributed by atoms with Gasteiger partial charge in [0.2, 0.25) is 17.8 Å². The van der Waals surface area contributed by atoms with Crippen molar-refractivity contribution < 1.29 is 39.1 Å². The Hall–Kier alpha value is -5.97. The summed E-state index contributed by atoms with van der Waals surface area (Å²) >= 11 is 0. The van der Waals surface area contributed by atoms with Crippen molar-refractivity contribution in [2.24, 2.45) is 48.6 Å². The summed E-state index contributed by atoms with van der Waals surface area (Å²) in [7, 11) is 7.72. The molecule has 0 radical (unpaired) electrons. The molecule has 288 valence electrons. The Balaban J connectivity index is 0.00000336. The quantitative estimate of drug-likeness (QED) is 0.0522. The van der Waals surface area contributed by atoms with E-state index in [1.807, 2.05) is 144 Å². The summed E-state index contributed by atoms with van der Waals surface area (Å²) in [5.41, 5.74) is 4.92. The number of benzene rings is 3. The van der Waals surface area contributed by atoms with Crippen LogP contribution in [0.3, 0.4) is 0 Å². The monoisotopic (exact) mass is 785 g/mol. The average Bonchev–Trinajstić information content (AvgIpc) is 3.66. The van der Waals surface area contributed by atoms with Gasteiger partial charge < -0.3 is 51.2 Å². The maximum Gasteiger partial charge on any atom is 0.421 e. The average molecular weight is 787 g/mol. The van der Waals surface area contributed by atoms with Crippen LogP contribution in [-0.4, -0.2) is 42.3 Å². The first-order valence-electron chi connectivity index (χ1n) is 17.4. The maximum absolute atomic E-state index is 9.07. The largest absolute Gasteiger partial charge is 1.00 e. The smallest absolute Gasteiger partial charge is 0.421 e. The number of anilines is 7. The summed E-state index contributed by atoms with van der Waals surface area (Å²) in [6, 6.07) is 23.2. The molecular weight excluding hydrogens is 741 g/mol. The predicted molar refractivity (Wildman–Crippen MR) is 205 cm³/mol. The molecule has 0 spiro atoms. The highest BCUT2D eigenvalue weighted by molar-refractivity contribution is 5.66. The van der Waals surface area contributed by atoms with E-state index in [0.717, 1.165) is 66.0 Å². The minimum Gasteiger partial charge on any atom is -1.00 e. The molecule has 0 atom stereocenters. The molecule has 55 heavy (non-hydrogen) atoms. The Morgan fingerprint density at radius 3 is 1.36 bits per heavy atom. The molecule has 0 unspecified atom stereocenters. The Labute approximate surface area is 332 Å². The molecule has 3 aromatic heterocycles. The van der Waals surface area contributed by atoms with E-state index in [2.05, 4.69) is 56.7 Å². The summed E-state index contributed by atoms with van der Waals surface area (Å²) in [4.78, 5) is 13.9. The maximum atomic E-state index is 9.07. The number of hydrogen-bond donors (Lipinski definition) is 5. The van der Waals surface area contributed by atoms with E-state index in [0.29, 0.717) is 30.1 Å². The molecule has 0 amide bonds.